The summed E-state index contributed by atoms with van der Waals surface area (Å²) in [5.41, 5.74) is 6.31. The fourth-order valence-corrected chi connectivity index (χ4v) is 3.30. The minimum atomic E-state index is -4.52. The highest BCUT2D eigenvalue weighted by atomic mass is 19.4. The number of hydrogen-bond acceptors (Lipinski definition) is 4. The molecule has 6 nitrogen and oxygen atoms in total. The predicted octanol–water partition coefficient (Wildman–Crippen LogP) is 4.04. The van der Waals surface area contributed by atoms with Crippen molar-refractivity contribution in [1.82, 2.24) is 20.2 Å². The molecular weight excluding hydrogens is 407 g/mol. The third-order valence-electron chi connectivity index (χ3n) is 4.75. The van der Waals surface area contributed by atoms with Crippen LogP contribution in [0.4, 0.5) is 13.2 Å². The molecule has 0 bridgehead atoms. The number of carbonyl (C=O) groups excluding carboxylic acids is 1. The van der Waals surface area contributed by atoms with E-state index >= 15 is 0 Å². The van der Waals surface area contributed by atoms with Crippen molar-refractivity contribution in [3.8, 4) is 16.8 Å². The van der Waals surface area contributed by atoms with Crippen molar-refractivity contribution < 1.29 is 18.0 Å². The highest BCUT2D eigenvalue weighted by Crippen LogP contribution is 2.38. The summed E-state index contributed by atoms with van der Waals surface area (Å²) in [6.45, 7) is 0. The number of aromatic nitrogens is 4. The normalized spacial score (nSPS) is 11.5. The molecule has 0 saturated heterocycles. The topological polar surface area (TPSA) is 86.7 Å². The fraction of sp³-hybridized carbons (Fsp3) is 0.0909. The minimum absolute atomic E-state index is 0.0615. The van der Waals surface area contributed by atoms with Gasteiger partial charge in [0.2, 0.25) is 5.91 Å². The monoisotopic (exact) mass is 423 g/mol. The number of halogens is 3. The van der Waals surface area contributed by atoms with Gasteiger partial charge >= 0.3 is 6.18 Å². The molecule has 2 N–H and O–H groups in total. The van der Waals surface area contributed by atoms with E-state index < -0.39 is 17.6 Å². The molecule has 0 atom stereocenters. The summed E-state index contributed by atoms with van der Waals surface area (Å²) in [5.74, 6) is -0.287. The molecule has 0 saturated carbocycles. The molecule has 0 aliphatic rings. The first-order valence-electron chi connectivity index (χ1n) is 9.26. The van der Waals surface area contributed by atoms with Crippen molar-refractivity contribution in [3.05, 3.63) is 95.3 Å². The number of carbonyl (C=O) groups is 1. The van der Waals surface area contributed by atoms with Gasteiger partial charge in [0.05, 0.1) is 11.3 Å². The zero-order valence-electron chi connectivity index (χ0n) is 16.0. The third-order valence-corrected chi connectivity index (χ3v) is 4.75. The summed E-state index contributed by atoms with van der Waals surface area (Å²) in [7, 11) is 0. The summed E-state index contributed by atoms with van der Waals surface area (Å²) in [6, 6.07) is 19.0. The van der Waals surface area contributed by atoms with Gasteiger partial charge in [-0.1, -0.05) is 48.5 Å². The SMILES string of the molecule is NC(=O)c1cccc(-n2nnnc2Cc2ccc(-c3ccccc3)c(C(F)(F)F)c2)c1. The molecule has 0 unspecified atom stereocenters. The standard InChI is InChI=1S/C22H16F3N5O/c23-22(24,25)19-11-14(9-10-18(19)15-5-2-1-3-6-15)12-20-27-28-29-30(20)17-8-4-7-16(13-17)21(26)31/h1-11,13H,12H2,(H2,26,31). The molecule has 1 heterocycles. The smallest absolute Gasteiger partial charge is 0.366 e. The highest BCUT2D eigenvalue weighted by molar-refractivity contribution is 5.93. The van der Waals surface area contributed by atoms with Gasteiger partial charge in [0.15, 0.2) is 5.82 Å². The van der Waals surface area contributed by atoms with Gasteiger partial charge in [-0.25, -0.2) is 0 Å². The molecule has 9 heteroatoms. The number of nitrogens with two attached hydrogens (primary N) is 1. The maximum absolute atomic E-state index is 13.8. The van der Waals surface area contributed by atoms with Gasteiger partial charge in [-0.15, -0.1) is 5.10 Å². The van der Waals surface area contributed by atoms with E-state index in [0.717, 1.165) is 6.07 Å². The Balaban J connectivity index is 1.71. The molecule has 3 aromatic carbocycles. The van der Waals surface area contributed by atoms with Crippen LogP contribution in [0.1, 0.15) is 27.3 Å². The van der Waals surface area contributed by atoms with E-state index in [9.17, 15) is 18.0 Å². The summed E-state index contributed by atoms with van der Waals surface area (Å²) >= 11 is 0. The lowest BCUT2D eigenvalue weighted by Crippen LogP contribution is -2.12. The molecule has 0 aliphatic carbocycles. The van der Waals surface area contributed by atoms with Gasteiger partial charge in [-0.05, 0) is 51.4 Å². The molecule has 0 aliphatic heterocycles. The maximum atomic E-state index is 13.8. The van der Waals surface area contributed by atoms with Crippen molar-refractivity contribution in [3.63, 3.8) is 0 Å². The average Bonchev–Trinajstić information content (AvgIpc) is 3.22. The van der Waals surface area contributed by atoms with Gasteiger partial charge in [-0.3, -0.25) is 4.79 Å². The van der Waals surface area contributed by atoms with E-state index in [0.29, 0.717) is 22.6 Å². The lowest BCUT2D eigenvalue weighted by Gasteiger charge is -2.15. The van der Waals surface area contributed by atoms with Crippen LogP contribution in [0.25, 0.3) is 16.8 Å². The molecule has 156 valence electrons. The van der Waals surface area contributed by atoms with Crippen molar-refractivity contribution in [2.45, 2.75) is 12.6 Å². The predicted molar refractivity (Wildman–Crippen MR) is 107 cm³/mol. The van der Waals surface area contributed by atoms with Crippen LogP contribution in [0, 0.1) is 0 Å². The molecule has 1 amide bonds. The Bertz CT molecular complexity index is 1240. The maximum Gasteiger partial charge on any atom is 0.417 e. The molecule has 31 heavy (non-hydrogen) atoms. The first-order valence-corrected chi connectivity index (χ1v) is 9.26. The number of nitrogens with zero attached hydrogens (tertiary/aromatic N) is 4. The van der Waals surface area contributed by atoms with Crippen LogP contribution < -0.4 is 5.73 Å². The fourth-order valence-electron chi connectivity index (χ4n) is 3.30. The number of alkyl halides is 3. The first-order chi connectivity index (χ1) is 14.8. The van der Waals surface area contributed by atoms with Gasteiger partial charge in [0, 0.05) is 12.0 Å². The lowest BCUT2D eigenvalue weighted by atomic mass is 9.96. The molecule has 0 spiro atoms. The van der Waals surface area contributed by atoms with Crippen LogP contribution >= 0.6 is 0 Å². The second-order valence-electron chi connectivity index (χ2n) is 6.84. The van der Waals surface area contributed by atoms with Crippen LogP contribution in [0.5, 0.6) is 0 Å². The molecule has 4 rings (SSSR count). The molecule has 4 aromatic rings. The number of benzene rings is 3. The Labute approximate surface area is 175 Å². The summed E-state index contributed by atoms with van der Waals surface area (Å²) in [6.07, 6.45) is -4.46. The van der Waals surface area contributed by atoms with Crippen molar-refractivity contribution in [2.24, 2.45) is 5.73 Å². The lowest BCUT2D eigenvalue weighted by molar-refractivity contribution is -0.137. The molecular formula is C22H16F3N5O. The summed E-state index contributed by atoms with van der Waals surface area (Å²) in [5, 5.41) is 11.5. The minimum Gasteiger partial charge on any atom is -0.366 e. The van der Waals surface area contributed by atoms with Crippen molar-refractivity contribution >= 4 is 5.91 Å². The zero-order valence-corrected chi connectivity index (χ0v) is 16.0. The number of primary amides is 1. The van der Waals surface area contributed by atoms with Crippen LogP contribution in [-0.4, -0.2) is 26.1 Å². The van der Waals surface area contributed by atoms with Gasteiger partial charge in [0.1, 0.15) is 0 Å². The summed E-state index contributed by atoms with van der Waals surface area (Å²) in [4.78, 5) is 11.4. The van der Waals surface area contributed by atoms with E-state index in [1.807, 2.05) is 0 Å². The Morgan fingerprint density at radius 1 is 0.968 bits per heavy atom. The van der Waals surface area contributed by atoms with Crippen molar-refractivity contribution in [1.29, 1.82) is 0 Å². The van der Waals surface area contributed by atoms with E-state index in [1.165, 1.54) is 16.8 Å². The molecule has 1 aromatic heterocycles. The Morgan fingerprint density at radius 3 is 2.45 bits per heavy atom. The van der Waals surface area contributed by atoms with Gasteiger partial charge in [-0.2, -0.15) is 17.9 Å². The molecule has 0 fully saturated rings. The van der Waals surface area contributed by atoms with E-state index in [4.69, 9.17) is 5.73 Å². The first kappa shape index (κ1) is 20.3. The largest absolute Gasteiger partial charge is 0.417 e. The Hall–Kier alpha value is -4.01. The average molecular weight is 423 g/mol. The van der Waals surface area contributed by atoms with Gasteiger partial charge in [0.25, 0.3) is 0 Å². The third kappa shape index (κ3) is 4.30. The Morgan fingerprint density at radius 2 is 1.74 bits per heavy atom. The number of rotatable bonds is 5. The van der Waals surface area contributed by atoms with E-state index in [1.54, 1.807) is 54.6 Å². The van der Waals surface area contributed by atoms with E-state index in [2.05, 4.69) is 15.5 Å². The number of amides is 1. The molecule has 0 radical (unpaired) electrons. The van der Waals surface area contributed by atoms with E-state index in [-0.39, 0.29) is 17.5 Å². The zero-order chi connectivity index (χ0) is 22.0. The quantitative estimate of drug-likeness (QED) is 0.525. The Kier molecular flexibility index (Phi) is 5.24. The summed E-state index contributed by atoms with van der Waals surface area (Å²) < 4.78 is 42.7. The van der Waals surface area contributed by atoms with Crippen LogP contribution in [0.15, 0.2) is 72.8 Å². The van der Waals surface area contributed by atoms with Crippen molar-refractivity contribution in [2.75, 3.05) is 0 Å². The second-order valence-corrected chi connectivity index (χ2v) is 6.84. The second kappa shape index (κ2) is 8.02. The van der Waals surface area contributed by atoms with Gasteiger partial charge < -0.3 is 5.73 Å². The van der Waals surface area contributed by atoms with Crippen LogP contribution in [0.2, 0.25) is 0 Å². The number of tetrazole rings is 1. The van der Waals surface area contributed by atoms with Crippen LogP contribution in [0.3, 0.4) is 0 Å². The highest BCUT2D eigenvalue weighted by Gasteiger charge is 2.34. The van der Waals surface area contributed by atoms with Crippen LogP contribution in [-0.2, 0) is 12.6 Å². The number of hydrogen-bond donors (Lipinski definition) is 1.